The van der Waals surface area contributed by atoms with Crippen LogP contribution in [0.15, 0.2) is 54.9 Å². The lowest BCUT2D eigenvalue weighted by Gasteiger charge is -2.14. The highest BCUT2D eigenvalue weighted by Gasteiger charge is 2.15. The number of ether oxygens (including phenoxy) is 4. The largest absolute Gasteiger partial charge is 0.493 e. The van der Waals surface area contributed by atoms with E-state index in [0.717, 1.165) is 28.7 Å². The summed E-state index contributed by atoms with van der Waals surface area (Å²) in [6.45, 7) is 3.88. The monoisotopic (exact) mass is 519 g/mol. The molecule has 10 nitrogen and oxygen atoms in total. The Balaban J connectivity index is 1.53. The molecule has 0 bridgehead atoms. The summed E-state index contributed by atoms with van der Waals surface area (Å²) in [7, 11) is 4.69. The van der Waals surface area contributed by atoms with E-state index < -0.39 is 0 Å². The maximum atomic E-state index is 12.4. The first-order valence-corrected chi connectivity index (χ1v) is 12.4. The van der Waals surface area contributed by atoms with Gasteiger partial charge in [-0.15, -0.1) is 0 Å². The fourth-order valence-corrected chi connectivity index (χ4v) is 4.08. The van der Waals surface area contributed by atoms with Gasteiger partial charge in [-0.05, 0) is 37.1 Å². The van der Waals surface area contributed by atoms with Gasteiger partial charge in [0.2, 0.25) is 17.6 Å². The van der Waals surface area contributed by atoms with Crippen molar-refractivity contribution in [2.75, 3.05) is 46.4 Å². The van der Waals surface area contributed by atoms with Gasteiger partial charge in [0.05, 0.1) is 27.8 Å². The molecule has 4 aromatic rings. The number of methoxy groups -OCH3 is 3. The minimum atomic E-state index is -0.0184. The Morgan fingerprint density at radius 3 is 2.53 bits per heavy atom. The van der Waals surface area contributed by atoms with Gasteiger partial charge >= 0.3 is 0 Å². The summed E-state index contributed by atoms with van der Waals surface area (Å²) in [6, 6.07) is 13.4. The van der Waals surface area contributed by atoms with Crippen molar-refractivity contribution in [1.82, 2.24) is 19.9 Å². The van der Waals surface area contributed by atoms with Crippen LogP contribution in [0.25, 0.3) is 16.7 Å². The third-order valence-electron chi connectivity index (χ3n) is 5.89. The summed E-state index contributed by atoms with van der Waals surface area (Å²) >= 11 is 0. The van der Waals surface area contributed by atoms with Crippen LogP contribution in [-0.2, 0) is 16.0 Å². The Kier molecular flexibility index (Phi) is 8.99. The number of anilines is 2. The van der Waals surface area contributed by atoms with Crippen molar-refractivity contribution in [2.45, 2.75) is 19.8 Å². The maximum Gasteiger partial charge on any atom is 0.229 e. The van der Waals surface area contributed by atoms with Crippen LogP contribution in [0.2, 0.25) is 0 Å². The molecule has 0 saturated carbocycles. The van der Waals surface area contributed by atoms with Gasteiger partial charge in [0.25, 0.3) is 0 Å². The molecule has 0 unspecified atom stereocenters. The highest BCUT2D eigenvalue weighted by Crippen LogP contribution is 2.40. The second-order valence-electron chi connectivity index (χ2n) is 8.44. The quantitative estimate of drug-likeness (QED) is 0.252. The zero-order valence-electron chi connectivity index (χ0n) is 22.1. The number of fused-ring (bicyclic) bond motifs is 1. The molecule has 0 saturated heterocycles. The molecule has 0 spiro atoms. The number of nitrogens with zero attached hydrogens (tertiary/aromatic N) is 3. The Bertz CT molecular complexity index is 1360. The van der Waals surface area contributed by atoms with E-state index in [1.807, 2.05) is 48.0 Å². The van der Waals surface area contributed by atoms with Gasteiger partial charge < -0.3 is 34.1 Å². The van der Waals surface area contributed by atoms with E-state index >= 15 is 0 Å². The molecule has 4 rings (SSSR count). The van der Waals surface area contributed by atoms with Crippen molar-refractivity contribution >= 4 is 28.6 Å². The van der Waals surface area contributed by atoms with Gasteiger partial charge in [0.15, 0.2) is 11.5 Å². The molecular formula is C28H33N5O5. The molecule has 200 valence electrons. The summed E-state index contributed by atoms with van der Waals surface area (Å²) in [5.74, 6) is 1.94. The van der Waals surface area contributed by atoms with Crippen LogP contribution in [0.4, 0.5) is 11.6 Å². The van der Waals surface area contributed by atoms with Gasteiger partial charge in [-0.1, -0.05) is 12.1 Å². The lowest BCUT2D eigenvalue weighted by atomic mass is 10.1. The van der Waals surface area contributed by atoms with Crippen molar-refractivity contribution in [3.05, 3.63) is 60.4 Å². The van der Waals surface area contributed by atoms with Gasteiger partial charge in [-0.3, -0.25) is 4.79 Å². The predicted molar refractivity (Wildman–Crippen MR) is 146 cm³/mol. The lowest BCUT2D eigenvalue weighted by Crippen LogP contribution is -2.26. The first-order chi connectivity index (χ1) is 18.6. The first kappa shape index (κ1) is 26.7. The van der Waals surface area contributed by atoms with Crippen molar-refractivity contribution in [2.24, 2.45) is 0 Å². The van der Waals surface area contributed by atoms with Gasteiger partial charge in [-0.25, -0.2) is 4.98 Å². The Labute approximate surface area is 221 Å². The third-order valence-corrected chi connectivity index (χ3v) is 5.89. The summed E-state index contributed by atoms with van der Waals surface area (Å²) in [5.41, 5.74) is 3.23. The van der Waals surface area contributed by atoms with Crippen molar-refractivity contribution in [1.29, 1.82) is 0 Å². The van der Waals surface area contributed by atoms with E-state index in [1.54, 1.807) is 39.7 Å². The predicted octanol–water partition coefficient (Wildman–Crippen LogP) is 4.28. The number of aromatic nitrogens is 3. The summed E-state index contributed by atoms with van der Waals surface area (Å²) in [6.07, 6.45) is 4.79. The van der Waals surface area contributed by atoms with E-state index in [9.17, 15) is 4.79 Å². The molecule has 0 fully saturated rings. The molecule has 2 N–H and O–H groups in total. The van der Waals surface area contributed by atoms with Crippen molar-refractivity contribution in [3.63, 3.8) is 0 Å². The SMILES string of the molecule is CCOCCCNC(=O)Cc1cccc(-n2ccc3cnc(Nc4cc(OC)c(OC)c(OC)c4)nc32)c1. The minimum Gasteiger partial charge on any atom is -0.493 e. The number of amides is 1. The molecule has 0 aliphatic rings. The number of carbonyl (C=O) groups excluding carboxylic acids is 1. The molecular weight excluding hydrogens is 486 g/mol. The highest BCUT2D eigenvalue weighted by atomic mass is 16.5. The zero-order chi connectivity index (χ0) is 26.9. The van der Waals surface area contributed by atoms with Gasteiger partial charge in [0, 0.05) is 61.0 Å². The maximum absolute atomic E-state index is 12.4. The van der Waals surface area contributed by atoms with Crippen LogP contribution in [0, 0.1) is 0 Å². The number of carbonyl (C=O) groups is 1. The van der Waals surface area contributed by atoms with Crippen LogP contribution >= 0.6 is 0 Å². The molecule has 0 aliphatic heterocycles. The number of nitrogens with one attached hydrogen (secondary N) is 2. The van der Waals surface area contributed by atoms with E-state index in [0.29, 0.717) is 55.1 Å². The fourth-order valence-electron chi connectivity index (χ4n) is 4.08. The fraction of sp³-hybridized carbons (Fsp3) is 0.321. The second kappa shape index (κ2) is 12.8. The van der Waals surface area contributed by atoms with E-state index in [1.165, 1.54) is 0 Å². The summed E-state index contributed by atoms with van der Waals surface area (Å²) in [5, 5.41) is 7.06. The Morgan fingerprint density at radius 1 is 1.03 bits per heavy atom. The molecule has 0 atom stereocenters. The van der Waals surface area contributed by atoms with Gasteiger partial charge in [-0.2, -0.15) is 4.98 Å². The van der Waals surface area contributed by atoms with Crippen LogP contribution in [0.3, 0.4) is 0 Å². The molecule has 2 heterocycles. The number of hydrogen-bond acceptors (Lipinski definition) is 8. The van der Waals surface area contributed by atoms with Gasteiger partial charge in [0.1, 0.15) is 5.65 Å². The molecule has 1 amide bonds. The Morgan fingerprint density at radius 2 is 1.82 bits per heavy atom. The first-order valence-electron chi connectivity index (χ1n) is 12.4. The highest BCUT2D eigenvalue weighted by molar-refractivity contribution is 5.80. The van der Waals surface area contributed by atoms with Crippen LogP contribution < -0.4 is 24.8 Å². The third kappa shape index (κ3) is 6.33. The van der Waals surface area contributed by atoms with E-state index in [-0.39, 0.29) is 5.91 Å². The summed E-state index contributed by atoms with van der Waals surface area (Å²) < 4.78 is 23.6. The standard InChI is InChI=1S/C28H33N5O5/c1-5-38-13-7-11-29-25(34)15-19-8-6-9-22(14-19)33-12-10-20-18-30-28(32-27(20)33)31-21-16-23(35-2)26(37-4)24(17-21)36-3/h6,8-10,12,14,16-18H,5,7,11,13,15H2,1-4H3,(H,29,34)(H,30,31,32). The topological polar surface area (TPSA) is 109 Å². The van der Waals surface area contributed by atoms with Crippen molar-refractivity contribution in [3.8, 4) is 22.9 Å². The van der Waals surface area contributed by atoms with E-state index in [2.05, 4.69) is 15.6 Å². The average Bonchev–Trinajstić information content (AvgIpc) is 3.36. The van der Waals surface area contributed by atoms with Crippen molar-refractivity contribution < 1.29 is 23.7 Å². The Hall–Kier alpha value is -4.31. The number of rotatable bonds is 13. The summed E-state index contributed by atoms with van der Waals surface area (Å²) in [4.78, 5) is 21.6. The molecule has 38 heavy (non-hydrogen) atoms. The van der Waals surface area contributed by atoms with Crippen LogP contribution in [-0.4, -0.2) is 61.5 Å². The molecule has 10 heteroatoms. The minimum absolute atomic E-state index is 0.0184. The average molecular weight is 520 g/mol. The smallest absolute Gasteiger partial charge is 0.229 e. The number of benzene rings is 2. The molecule has 2 aromatic carbocycles. The van der Waals surface area contributed by atoms with Crippen LogP contribution in [0.1, 0.15) is 18.9 Å². The second-order valence-corrected chi connectivity index (χ2v) is 8.44. The lowest BCUT2D eigenvalue weighted by molar-refractivity contribution is -0.120. The molecule has 0 radical (unpaired) electrons. The number of hydrogen-bond donors (Lipinski definition) is 2. The van der Waals surface area contributed by atoms with E-state index in [4.69, 9.17) is 23.9 Å². The zero-order valence-corrected chi connectivity index (χ0v) is 22.1. The van der Waals surface area contributed by atoms with Crippen LogP contribution in [0.5, 0.6) is 17.2 Å². The molecule has 0 aliphatic carbocycles. The normalized spacial score (nSPS) is 10.8. The molecule has 2 aromatic heterocycles.